The number of hydrogen-bond acceptors (Lipinski definition) is 18. The maximum absolute atomic E-state index is 15.0. The maximum Gasteiger partial charge on any atom is 0.312 e. The fourth-order valence-electron chi connectivity index (χ4n) is 10.3. The molecule has 4 N–H and O–H groups in total. The molecule has 19 heteroatoms. The number of nitrogens with two attached hydrogens (primary N) is 1. The molecular weight excluding hydrogens is 889 g/mol. The second kappa shape index (κ2) is 24.3. The molecule has 19 nitrogen and oxygen atoms in total. The summed E-state index contributed by atoms with van der Waals surface area (Å²) in [4.78, 5) is 75.8. The normalized spacial score (nSPS) is 32.8. The lowest BCUT2D eigenvalue weighted by Crippen LogP contribution is -2.64. The topological polar surface area (TPSA) is 242 Å². The summed E-state index contributed by atoms with van der Waals surface area (Å²) >= 11 is 0. The van der Waals surface area contributed by atoms with Crippen LogP contribution in [-0.2, 0) is 60.6 Å². The van der Waals surface area contributed by atoms with E-state index in [-0.39, 0.29) is 43.1 Å². The number of likely N-dealkylation sites (N-methyl/N-ethyl adjacent to an activating group) is 1. The van der Waals surface area contributed by atoms with Gasteiger partial charge in [-0.05, 0) is 98.6 Å². The van der Waals surface area contributed by atoms with Crippen molar-refractivity contribution < 1.29 is 52.7 Å². The number of aliphatic hydroxyl groups excluding tert-OH is 1. The van der Waals surface area contributed by atoms with Crippen molar-refractivity contribution in [1.82, 2.24) is 34.7 Å². The standard InChI is InChI=1S/C50H76N8O11/c1-13-39-50(9,69-34(7)59)44(53-21-16-17-23-58-27-37(55-28-58)36-19-22-54-48(51)56-36)31(4)41(61)29(2)26-49(8,64-12)45(68-47-42(62)38(57(10)11)24-30(3)65-47)32(5)43(33(6)46(63)66-39)67-40(60)25-35-18-14-15-20-52-35/h14-15,18-20,22,27-33,38-39,42-45,47,53,62H,13,16-17,21,23-26H2,1-12H3,(H2,51,54,56)/t29-,30-,31+,32+,33-,38+,39-,42-,43?,44?,45?,47?,49-,50-/m1/s1. The van der Waals surface area contributed by atoms with E-state index < -0.39 is 89.5 Å². The summed E-state index contributed by atoms with van der Waals surface area (Å²) in [5.74, 6) is -5.46. The molecule has 0 amide bonds. The summed E-state index contributed by atoms with van der Waals surface area (Å²) in [5, 5.41) is 15.3. The van der Waals surface area contributed by atoms with Gasteiger partial charge >= 0.3 is 17.9 Å². The first-order valence-corrected chi connectivity index (χ1v) is 24.2. The number of pyridine rings is 1. The number of carbonyl (C=O) groups excluding carboxylic acids is 4. The number of rotatable bonds is 16. The number of Topliss-reactive ketones (excluding diaryl/α,β-unsaturated/α-hetero) is 1. The molecule has 2 aliphatic rings. The molecule has 2 fully saturated rings. The molecule has 0 aliphatic carbocycles. The highest BCUT2D eigenvalue weighted by atomic mass is 16.7. The number of unbranched alkanes of at least 4 members (excludes halogenated alkanes) is 1. The number of imidazole rings is 1. The Balaban J connectivity index is 1.52. The molecule has 3 aromatic rings. The summed E-state index contributed by atoms with van der Waals surface area (Å²) in [6.45, 7) is 16.6. The van der Waals surface area contributed by atoms with Gasteiger partial charge in [0, 0.05) is 63.0 Å². The van der Waals surface area contributed by atoms with Gasteiger partial charge in [0.15, 0.2) is 11.9 Å². The third kappa shape index (κ3) is 13.7. The van der Waals surface area contributed by atoms with Crippen molar-refractivity contribution in [3.8, 4) is 11.4 Å². The van der Waals surface area contributed by atoms with E-state index in [1.54, 1.807) is 70.7 Å². The predicted molar refractivity (Wildman–Crippen MR) is 256 cm³/mol. The zero-order chi connectivity index (χ0) is 50.8. The van der Waals surface area contributed by atoms with Gasteiger partial charge in [-0.3, -0.25) is 24.2 Å². The molecule has 0 saturated carbocycles. The number of esters is 3. The Labute approximate surface area is 406 Å². The zero-order valence-corrected chi connectivity index (χ0v) is 42.5. The number of nitrogens with one attached hydrogen (secondary N) is 1. The van der Waals surface area contributed by atoms with Crippen molar-refractivity contribution in [2.45, 2.75) is 167 Å². The first-order chi connectivity index (χ1) is 32.6. The minimum atomic E-state index is -1.56. The molecular formula is C50H76N8O11. The number of anilines is 1. The van der Waals surface area contributed by atoms with Crippen LogP contribution in [-0.4, -0.2) is 146 Å². The van der Waals surface area contributed by atoms with Crippen LogP contribution in [0.15, 0.2) is 49.2 Å². The van der Waals surface area contributed by atoms with Crippen LogP contribution < -0.4 is 11.1 Å². The number of nitrogens with zero attached hydrogens (tertiary/aromatic N) is 6. The molecule has 4 unspecified atom stereocenters. The molecule has 2 saturated heterocycles. The van der Waals surface area contributed by atoms with E-state index in [4.69, 9.17) is 34.2 Å². The average molecular weight is 965 g/mol. The highest BCUT2D eigenvalue weighted by Crippen LogP contribution is 2.41. The number of carbonyl (C=O) groups is 4. The molecule has 5 heterocycles. The van der Waals surface area contributed by atoms with Gasteiger partial charge in [-0.1, -0.05) is 33.8 Å². The Morgan fingerprint density at radius 1 is 1.01 bits per heavy atom. The van der Waals surface area contributed by atoms with E-state index in [9.17, 15) is 19.5 Å². The Morgan fingerprint density at radius 2 is 1.75 bits per heavy atom. The van der Waals surface area contributed by atoms with Crippen LogP contribution in [0.3, 0.4) is 0 Å². The molecule has 2 aliphatic heterocycles. The van der Waals surface area contributed by atoms with Crippen molar-refractivity contribution >= 4 is 29.6 Å². The average Bonchev–Trinajstić information content (AvgIpc) is 3.78. The van der Waals surface area contributed by atoms with Gasteiger partial charge in [-0.15, -0.1) is 0 Å². The summed E-state index contributed by atoms with van der Waals surface area (Å²) in [6.07, 6.45) is 2.93. The van der Waals surface area contributed by atoms with Crippen LogP contribution >= 0.6 is 0 Å². The fourth-order valence-corrected chi connectivity index (χ4v) is 10.3. The second-order valence-corrected chi connectivity index (χ2v) is 19.6. The van der Waals surface area contributed by atoms with Gasteiger partial charge < -0.3 is 54.0 Å². The third-order valence-corrected chi connectivity index (χ3v) is 14.0. The quantitative estimate of drug-likeness (QED) is 0.101. The van der Waals surface area contributed by atoms with Gasteiger partial charge in [0.25, 0.3) is 0 Å². The summed E-state index contributed by atoms with van der Waals surface area (Å²) in [7, 11) is 5.26. The minimum Gasteiger partial charge on any atom is -0.461 e. The molecule has 0 radical (unpaired) electrons. The highest BCUT2D eigenvalue weighted by Gasteiger charge is 2.54. The van der Waals surface area contributed by atoms with E-state index >= 15 is 4.79 Å². The Bertz CT molecular complexity index is 2160. The second-order valence-electron chi connectivity index (χ2n) is 19.6. The zero-order valence-electron chi connectivity index (χ0n) is 42.5. The number of cyclic esters (lactones) is 1. The van der Waals surface area contributed by atoms with E-state index in [1.165, 1.54) is 14.0 Å². The van der Waals surface area contributed by atoms with Gasteiger partial charge in [0.05, 0.1) is 53.9 Å². The number of ketones is 1. The molecule has 5 rings (SSSR count). The summed E-state index contributed by atoms with van der Waals surface area (Å²) in [6, 6.07) is 5.77. The smallest absolute Gasteiger partial charge is 0.312 e. The number of aromatic nitrogens is 5. The highest BCUT2D eigenvalue weighted by molar-refractivity contribution is 5.84. The lowest BCUT2D eigenvalue weighted by molar-refractivity contribution is -0.301. The number of aryl methyl sites for hydroxylation is 1. The Morgan fingerprint density at radius 3 is 2.39 bits per heavy atom. The maximum atomic E-state index is 15.0. The molecule has 382 valence electrons. The van der Waals surface area contributed by atoms with Crippen molar-refractivity contribution in [3.63, 3.8) is 0 Å². The Kier molecular flexibility index (Phi) is 19.4. The van der Waals surface area contributed by atoms with Crippen LogP contribution in [0.5, 0.6) is 0 Å². The first-order valence-electron chi connectivity index (χ1n) is 24.2. The first kappa shape index (κ1) is 55.0. The van der Waals surface area contributed by atoms with E-state index in [1.807, 2.05) is 57.5 Å². The van der Waals surface area contributed by atoms with Gasteiger partial charge in [0.1, 0.15) is 29.8 Å². The number of methoxy groups -OCH3 is 1. The largest absolute Gasteiger partial charge is 0.461 e. The molecule has 69 heavy (non-hydrogen) atoms. The molecule has 3 aromatic heterocycles. The third-order valence-electron chi connectivity index (χ3n) is 14.0. The number of hydrogen-bond donors (Lipinski definition) is 3. The fraction of sp³-hybridized carbons (Fsp3) is 0.680. The number of ether oxygens (including phenoxy) is 6. The molecule has 0 spiro atoms. The predicted octanol–water partition coefficient (Wildman–Crippen LogP) is 4.59. The van der Waals surface area contributed by atoms with E-state index in [0.717, 1.165) is 0 Å². The van der Waals surface area contributed by atoms with Crippen molar-refractivity contribution in [3.05, 3.63) is 54.9 Å². The molecule has 0 aromatic carbocycles. The van der Waals surface area contributed by atoms with Crippen molar-refractivity contribution in [2.75, 3.05) is 33.5 Å². The van der Waals surface area contributed by atoms with E-state index in [2.05, 4.69) is 25.3 Å². The Hall–Kier alpha value is -4.92. The summed E-state index contributed by atoms with van der Waals surface area (Å²) < 4.78 is 40.5. The van der Waals surface area contributed by atoms with Gasteiger partial charge in [-0.25, -0.2) is 15.0 Å². The lowest BCUT2D eigenvalue weighted by Gasteiger charge is -2.49. The lowest BCUT2D eigenvalue weighted by atomic mass is 9.73. The molecule has 14 atom stereocenters. The van der Waals surface area contributed by atoms with Gasteiger partial charge in [0.2, 0.25) is 5.95 Å². The van der Waals surface area contributed by atoms with Crippen LogP contribution in [0.1, 0.15) is 100 Å². The van der Waals surface area contributed by atoms with Crippen LogP contribution in [0.2, 0.25) is 0 Å². The van der Waals surface area contributed by atoms with Gasteiger partial charge in [-0.2, -0.15) is 0 Å². The van der Waals surface area contributed by atoms with Crippen molar-refractivity contribution in [2.24, 2.45) is 23.7 Å². The number of aliphatic hydroxyl groups is 1. The summed E-state index contributed by atoms with van der Waals surface area (Å²) in [5.41, 5.74) is 4.65. The minimum absolute atomic E-state index is 0.104. The molecule has 0 bridgehead atoms. The van der Waals surface area contributed by atoms with E-state index in [0.29, 0.717) is 49.4 Å². The van der Waals surface area contributed by atoms with Crippen molar-refractivity contribution in [1.29, 1.82) is 0 Å². The number of nitrogen functional groups attached to an aromatic ring is 1. The SMILES string of the molecule is CC[C@H]1OC(=O)[C@H](C)C(OC(=O)Cc2ccccn2)[C@H](C)C(OC2O[C@H](C)C[C@H](N(C)C)[C@H]2O)[C@](C)(OC)C[C@@H](C)C(=O)[C@H](C)C(NCCCCn2cnc(-c3ccnc(N)n3)c2)[C@]1(C)OC(C)=O. The van der Waals surface area contributed by atoms with Crippen LogP contribution in [0.4, 0.5) is 5.95 Å². The van der Waals surface area contributed by atoms with Crippen LogP contribution in [0, 0.1) is 23.7 Å². The van der Waals surface area contributed by atoms with Crippen LogP contribution in [0.25, 0.3) is 11.4 Å². The monoisotopic (exact) mass is 965 g/mol.